The second kappa shape index (κ2) is 7.51. The van der Waals surface area contributed by atoms with Crippen LogP contribution in [0, 0.1) is 0 Å². The van der Waals surface area contributed by atoms with E-state index in [2.05, 4.69) is 10.5 Å². The second-order valence-corrected chi connectivity index (χ2v) is 7.83. The summed E-state index contributed by atoms with van der Waals surface area (Å²) < 4.78 is 27.8. The SMILES string of the molecule is C[C@@H](NC(=O)c1cc(-c2ccccc2Cl)on1)c1ccc(S(N)(=O)=O)cc1. The van der Waals surface area contributed by atoms with E-state index in [-0.39, 0.29) is 16.6 Å². The zero-order chi connectivity index (χ0) is 19.6. The van der Waals surface area contributed by atoms with E-state index in [1.807, 2.05) is 0 Å². The summed E-state index contributed by atoms with van der Waals surface area (Å²) in [6.07, 6.45) is 0. The molecule has 0 spiro atoms. The molecule has 27 heavy (non-hydrogen) atoms. The number of benzene rings is 2. The number of nitrogens with two attached hydrogens (primary N) is 1. The number of amides is 1. The second-order valence-electron chi connectivity index (χ2n) is 5.87. The fourth-order valence-corrected chi connectivity index (χ4v) is 3.21. The topological polar surface area (TPSA) is 115 Å². The van der Waals surface area contributed by atoms with Crippen molar-refractivity contribution in [1.82, 2.24) is 10.5 Å². The molecule has 1 heterocycles. The number of primary sulfonamides is 1. The lowest BCUT2D eigenvalue weighted by Gasteiger charge is -2.13. The van der Waals surface area contributed by atoms with Crippen molar-refractivity contribution < 1.29 is 17.7 Å². The van der Waals surface area contributed by atoms with Gasteiger partial charge in [-0.3, -0.25) is 4.79 Å². The van der Waals surface area contributed by atoms with Crippen LogP contribution < -0.4 is 10.5 Å². The summed E-state index contributed by atoms with van der Waals surface area (Å²) in [5, 5.41) is 12.1. The number of aromatic nitrogens is 1. The average Bonchev–Trinajstić information content (AvgIpc) is 3.11. The Kier molecular flexibility index (Phi) is 5.31. The van der Waals surface area contributed by atoms with E-state index in [4.69, 9.17) is 21.3 Å². The van der Waals surface area contributed by atoms with Gasteiger partial charge in [0.1, 0.15) is 0 Å². The van der Waals surface area contributed by atoms with Gasteiger partial charge in [-0.15, -0.1) is 0 Å². The highest BCUT2D eigenvalue weighted by molar-refractivity contribution is 7.89. The van der Waals surface area contributed by atoms with Crippen LogP contribution in [0.5, 0.6) is 0 Å². The maximum Gasteiger partial charge on any atom is 0.273 e. The number of sulfonamides is 1. The van der Waals surface area contributed by atoms with Crippen LogP contribution in [0.15, 0.2) is 64.0 Å². The lowest BCUT2D eigenvalue weighted by Crippen LogP contribution is -2.26. The van der Waals surface area contributed by atoms with Crippen molar-refractivity contribution in [3.8, 4) is 11.3 Å². The van der Waals surface area contributed by atoms with E-state index in [0.717, 1.165) is 0 Å². The molecule has 0 radical (unpaired) electrons. The van der Waals surface area contributed by atoms with Crippen LogP contribution in [0.2, 0.25) is 5.02 Å². The van der Waals surface area contributed by atoms with E-state index in [0.29, 0.717) is 21.9 Å². The van der Waals surface area contributed by atoms with Gasteiger partial charge in [-0.2, -0.15) is 0 Å². The van der Waals surface area contributed by atoms with Gasteiger partial charge in [-0.05, 0) is 36.8 Å². The fraction of sp³-hybridized carbons (Fsp3) is 0.111. The summed E-state index contributed by atoms with van der Waals surface area (Å²) in [6, 6.07) is 14.1. The van der Waals surface area contributed by atoms with Gasteiger partial charge >= 0.3 is 0 Å². The van der Waals surface area contributed by atoms with Gasteiger partial charge in [0.15, 0.2) is 11.5 Å². The third kappa shape index (κ3) is 4.36. The smallest absolute Gasteiger partial charge is 0.273 e. The maximum atomic E-state index is 12.4. The lowest BCUT2D eigenvalue weighted by atomic mass is 10.1. The summed E-state index contributed by atoms with van der Waals surface area (Å²) in [4.78, 5) is 12.4. The monoisotopic (exact) mass is 405 g/mol. The highest BCUT2D eigenvalue weighted by Crippen LogP contribution is 2.28. The summed E-state index contributed by atoms with van der Waals surface area (Å²) >= 11 is 6.12. The van der Waals surface area contributed by atoms with E-state index >= 15 is 0 Å². The van der Waals surface area contributed by atoms with E-state index in [1.165, 1.54) is 18.2 Å². The van der Waals surface area contributed by atoms with Crippen molar-refractivity contribution >= 4 is 27.5 Å². The molecule has 2 aromatic carbocycles. The Hall–Kier alpha value is -2.68. The molecule has 0 aliphatic heterocycles. The molecule has 3 rings (SSSR count). The highest BCUT2D eigenvalue weighted by atomic mass is 35.5. The molecule has 0 bridgehead atoms. The average molecular weight is 406 g/mol. The Morgan fingerprint density at radius 3 is 2.48 bits per heavy atom. The van der Waals surface area contributed by atoms with Crippen molar-refractivity contribution in [2.75, 3.05) is 0 Å². The molecule has 0 unspecified atom stereocenters. The molecule has 9 heteroatoms. The molecule has 1 aromatic heterocycles. The number of halogens is 1. The Morgan fingerprint density at radius 2 is 1.85 bits per heavy atom. The molecule has 3 aromatic rings. The van der Waals surface area contributed by atoms with Crippen LogP contribution in [0.25, 0.3) is 11.3 Å². The van der Waals surface area contributed by atoms with Crippen LogP contribution in [0.4, 0.5) is 0 Å². The number of hydrogen-bond donors (Lipinski definition) is 2. The van der Waals surface area contributed by atoms with Crippen molar-refractivity contribution in [3.05, 3.63) is 70.9 Å². The van der Waals surface area contributed by atoms with Gasteiger partial charge in [0.05, 0.1) is 16.0 Å². The maximum absolute atomic E-state index is 12.4. The molecule has 0 aliphatic rings. The van der Waals surface area contributed by atoms with E-state index in [1.54, 1.807) is 43.3 Å². The van der Waals surface area contributed by atoms with E-state index < -0.39 is 15.9 Å². The molecular formula is C18H16ClN3O4S. The fourth-order valence-electron chi connectivity index (χ4n) is 2.47. The van der Waals surface area contributed by atoms with Gasteiger partial charge < -0.3 is 9.84 Å². The third-order valence-electron chi connectivity index (χ3n) is 3.94. The molecule has 1 amide bonds. The quantitative estimate of drug-likeness (QED) is 0.676. The Labute approximate surface area is 161 Å². The van der Waals surface area contributed by atoms with Gasteiger partial charge in [-0.1, -0.05) is 41.0 Å². The minimum atomic E-state index is -3.76. The summed E-state index contributed by atoms with van der Waals surface area (Å²) in [6.45, 7) is 1.76. The minimum absolute atomic E-state index is 0.00524. The van der Waals surface area contributed by atoms with Crippen LogP contribution >= 0.6 is 11.6 Å². The predicted octanol–water partition coefficient (Wildman–Crippen LogP) is 3.13. The first-order chi connectivity index (χ1) is 12.8. The molecular weight excluding hydrogens is 390 g/mol. The van der Waals surface area contributed by atoms with Crippen LogP contribution in [0.3, 0.4) is 0 Å². The first-order valence-electron chi connectivity index (χ1n) is 7.91. The number of hydrogen-bond acceptors (Lipinski definition) is 5. The summed E-state index contributed by atoms with van der Waals surface area (Å²) in [5.74, 6) is -0.0454. The Morgan fingerprint density at radius 1 is 1.19 bits per heavy atom. The molecule has 0 saturated carbocycles. The number of carbonyl (C=O) groups is 1. The highest BCUT2D eigenvalue weighted by Gasteiger charge is 2.18. The molecule has 3 N–H and O–H groups in total. The van der Waals surface area contributed by atoms with E-state index in [9.17, 15) is 13.2 Å². The lowest BCUT2D eigenvalue weighted by molar-refractivity contribution is 0.0931. The Bertz CT molecular complexity index is 1080. The van der Waals surface area contributed by atoms with Crippen molar-refractivity contribution in [2.24, 2.45) is 5.14 Å². The molecule has 140 valence electrons. The van der Waals surface area contributed by atoms with Crippen LogP contribution in [-0.4, -0.2) is 19.5 Å². The standard InChI is InChI=1S/C18H16ClN3O4S/c1-11(12-6-8-13(9-7-12)27(20,24)25)21-18(23)16-10-17(26-22-16)14-4-2-3-5-15(14)19/h2-11H,1H3,(H,21,23)(H2,20,24,25)/t11-/m1/s1. The number of rotatable bonds is 5. The van der Waals surface area contributed by atoms with Gasteiger partial charge in [0.25, 0.3) is 5.91 Å². The first kappa shape index (κ1) is 19.1. The normalized spacial score (nSPS) is 12.6. The molecule has 1 atom stereocenters. The minimum Gasteiger partial charge on any atom is -0.355 e. The van der Waals surface area contributed by atoms with Gasteiger partial charge in [-0.25, -0.2) is 13.6 Å². The van der Waals surface area contributed by atoms with Crippen molar-refractivity contribution in [3.63, 3.8) is 0 Å². The number of carbonyl (C=O) groups excluding carboxylic acids is 1. The molecule has 7 nitrogen and oxygen atoms in total. The zero-order valence-corrected chi connectivity index (χ0v) is 15.8. The molecule has 0 fully saturated rings. The number of nitrogens with one attached hydrogen (secondary N) is 1. The predicted molar refractivity (Wildman–Crippen MR) is 101 cm³/mol. The molecule has 0 aliphatic carbocycles. The van der Waals surface area contributed by atoms with Gasteiger partial charge in [0, 0.05) is 11.6 Å². The molecule has 0 saturated heterocycles. The summed E-state index contributed by atoms with van der Waals surface area (Å²) in [7, 11) is -3.76. The third-order valence-corrected chi connectivity index (χ3v) is 5.20. The van der Waals surface area contributed by atoms with Crippen molar-refractivity contribution in [1.29, 1.82) is 0 Å². The largest absolute Gasteiger partial charge is 0.355 e. The zero-order valence-electron chi connectivity index (χ0n) is 14.2. The summed E-state index contributed by atoms with van der Waals surface area (Å²) in [5.41, 5.74) is 1.46. The van der Waals surface area contributed by atoms with Gasteiger partial charge in [0.2, 0.25) is 10.0 Å². The Balaban J connectivity index is 1.73. The number of nitrogens with zero attached hydrogens (tertiary/aromatic N) is 1. The van der Waals surface area contributed by atoms with Crippen molar-refractivity contribution in [2.45, 2.75) is 17.9 Å². The van der Waals surface area contributed by atoms with Crippen LogP contribution in [-0.2, 0) is 10.0 Å². The van der Waals surface area contributed by atoms with Crippen LogP contribution in [0.1, 0.15) is 29.0 Å². The first-order valence-corrected chi connectivity index (χ1v) is 9.83.